The second-order valence-electron chi connectivity index (χ2n) is 8.26. The van der Waals surface area contributed by atoms with Crippen molar-refractivity contribution >= 4 is 22.7 Å². The standard InChI is InChI=1S/C23H24F3N5/c24-23(25,26)17-7-5-16(6-8-17)15-30-11-13-31(14-12-30)22-21(27-18-9-10-18)28-19-3-1-2-4-20(19)29-22/h1-8,18H,9-15H2,(H,27,28). The number of halogens is 3. The fourth-order valence-electron chi connectivity index (χ4n) is 3.90. The second-order valence-corrected chi connectivity index (χ2v) is 8.26. The molecule has 2 heterocycles. The number of aromatic nitrogens is 2. The number of rotatable bonds is 5. The summed E-state index contributed by atoms with van der Waals surface area (Å²) >= 11 is 0. The molecule has 1 saturated heterocycles. The molecule has 162 valence electrons. The van der Waals surface area contributed by atoms with Crippen LogP contribution in [0.3, 0.4) is 0 Å². The Morgan fingerprint density at radius 2 is 1.52 bits per heavy atom. The van der Waals surface area contributed by atoms with Crippen molar-refractivity contribution in [1.29, 1.82) is 0 Å². The summed E-state index contributed by atoms with van der Waals surface area (Å²) in [5.74, 6) is 1.73. The van der Waals surface area contributed by atoms with Crippen LogP contribution in [0.15, 0.2) is 48.5 Å². The van der Waals surface area contributed by atoms with Gasteiger partial charge in [0.25, 0.3) is 0 Å². The van der Waals surface area contributed by atoms with Gasteiger partial charge in [-0.05, 0) is 42.7 Å². The summed E-state index contributed by atoms with van der Waals surface area (Å²) in [5, 5.41) is 3.52. The predicted molar refractivity (Wildman–Crippen MR) is 115 cm³/mol. The molecule has 2 fully saturated rings. The van der Waals surface area contributed by atoms with E-state index in [0.29, 0.717) is 12.6 Å². The Kier molecular flexibility index (Phi) is 5.17. The molecule has 1 aliphatic heterocycles. The van der Waals surface area contributed by atoms with Crippen LogP contribution < -0.4 is 10.2 Å². The van der Waals surface area contributed by atoms with Crippen molar-refractivity contribution in [2.45, 2.75) is 31.6 Å². The molecule has 8 heteroatoms. The second kappa shape index (κ2) is 8.00. The number of fused-ring (bicyclic) bond motifs is 1. The largest absolute Gasteiger partial charge is 0.416 e. The fraction of sp³-hybridized carbons (Fsp3) is 0.391. The molecule has 0 radical (unpaired) electrons. The highest BCUT2D eigenvalue weighted by Gasteiger charge is 2.30. The highest BCUT2D eigenvalue weighted by Crippen LogP contribution is 2.32. The zero-order valence-corrected chi connectivity index (χ0v) is 17.1. The molecule has 5 nitrogen and oxygen atoms in total. The van der Waals surface area contributed by atoms with Crippen LogP contribution in [-0.4, -0.2) is 47.1 Å². The van der Waals surface area contributed by atoms with Gasteiger partial charge in [-0.15, -0.1) is 0 Å². The molecule has 5 rings (SSSR count). The Hall–Kier alpha value is -2.87. The van der Waals surface area contributed by atoms with Crippen LogP contribution in [0.1, 0.15) is 24.0 Å². The first-order valence-electron chi connectivity index (χ1n) is 10.6. The van der Waals surface area contributed by atoms with E-state index < -0.39 is 11.7 Å². The number of alkyl halides is 3. The lowest BCUT2D eigenvalue weighted by Gasteiger charge is -2.36. The highest BCUT2D eigenvalue weighted by atomic mass is 19.4. The summed E-state index contributed by atoms with van der Waals surface area (Å²) in [6, 6.07) is 13.8. The predicted octanol–water partition coefficient (Wildman–Crippen LogP) is 4.55. The number of para-hydroxylation sites is 2. The summed E-state index contributed by atoms with van der Waals surface area (Å²) in [7, 11) is 0. The van der Waals surface area contributed by atoms with Crippen molar-refractivity contribution in [2.75, 3.05) is 36.4 Å². The number of piperazine rings is 1. The lowest BCUT2D eigenvalue weighted by molar-refractivity contribution is -0.137. The van der Waals surface area contributed by atoms with Crippen LogP contribution in [-0.2, 0) is 12.7 Å². The minimum Gasteiger partial charge on any atom is -0.364 e. The molecule has 0 bridgehead atoms. The van der Waals surface area contributed by atoms with Crippen LogP contribution in [0, 0.1) is 0 Å². The minimum absolute atomic E-state index is 0.482. The number of hydrogen-bond acceptors (Lipinski definition) is 5. The van der Waals surface area contributed by atoms with Crippen LogP contribution in [0.5, 0.6) is 0 Å². The van der Waals surface area contributed by atoms with E-state index >= 15 is 0 Å². The van der Waals surface area contributed by atoms with Gasteiger partial charge in [-0.2, -0.15) is 13.2 Å². The van der Waals surface area contributed by atoms with E-state index in [0.717, 1.165) is 79.4 Å². The maximum absolute atomic E-state index is 12.8. The van der Waals surface area contributed by atoms with E-state index in [-0.39, 0.29) is 0 Å². The molecule has 2 aliphatic rings. The summed E-state index contributed by atoms with van der Waals surface area (Å²) in [4.78, 5) is 14.2. The molecule has 31 heavy (non-hydrogen) atoms. The monoisotopic (exact) mass is 427 g/mol. The van der Waals surface area contributed by atoms with E-state index in [1.807, 2.05) is 24.3 Å². The average Bonchev–Trinajstić information content (AvgIpc) is 3.58. The van der Waals surface area contributed by atoms with Crippen LogP contribution in [0.2, 0.25) is 0 Å². The first-order chi connectivity index (χ1) is 15.0. The van der Waals surface area contributed by atoms with Crippen molar-refractivity contribution in [3.8, 4) is 0 Å². The third-order valence-corrected chi connectivity index (χ3v) is 5.83. The van der Waals surface area contributed by atoms with Gasteiger partial charge in [-0.25, -0.2) is 9.97 Å². The van der Waals surface area contributed by atoms with Crippen LogP contribution in [0.25, 0.3) is 11.0 Å². The Morgan fingerprint density at radius 3 is 2.13 bits per heavy atom. The van der Waals surface area contributed by atoms with Crippen molar-refractivity contribution in [1.82, 2.24) is 14.9 Å². The number of anilines is 2. The highest BCUT2D eigenvalue weighted by molar-refractivity contribution is 5.80. The molecular weight excluding hydrogens is 403 g/mol. The smallest absolute Gasteiger partial charge is 0.364 e. The van der Waals surface area contributed by atoms with E-state index in [9.17, 15) is 13.2 Å². The van der Waals surface area contributed by atoms with Gasteiger partial charge in [0.15, 0.2) is 11.6 Å². The van der Waals surface area contributed by atoms with E-state index in [1.165, 1.54) is 0 Å². The van der Waals surface area contributed by atoms with Gasteiger partial charge in [0, 0.05) is 38.8 Å². The molecular formula is C23H24F3N5. The molecule has 0 spiro atoms. The Morgan fingerprint density at radius 1 is 0.871 bits per heavy atom. The minimum atomic E-state index is -4.29. The van der Waals surface area contributed by atoms with Gasteiger partial charge in [-0.3, -0.25) is 4.90 Å². The van der Waals surface area contributed by atoms with Crippen molar-refractivity contribution in [3.63, 3.8) is 0 Å². The molecule has 1 saturated carbocycles. The summed E-state index contributed by atoms with van der Waals surface area (Å²) in [6.07, 6.45) is -1.97. The van der Waals surface area contributed by atoms with Crippen LogP contribution in [0.4, 0.5) is 24.8 Å². The number of benzene rings is 2. The molecule has 0 amide bonds. The number of hydrogen-bond donors (Lipinski definition) is 1. The van der Waals surface area contributed by atoms with Gasteiger partial charge in [0.1, 0.15) is 0 Å². The molecule has 1 aliphatic carbocycles. The van der Waals surface area contributed by atoms with Crippen molar-refractivity contribution in [2.24, 2.45) is 0 Å². The molecule has 0 unspecified atom stereocenters. The maximum atomic E-state index is 12.8. The third-order valence-electron chi connectivity index (χ3n) is 5.83. The Balaban J connectivity index is 1.27. The maximum Gasteiger partial charge on any atom is 0.416 e. The third kappa shape index (κ3) is 4.58. The first-order valence-corrected chi connectivity index (χ1v) is 10.6. The zero-order chi connectivity index (χ0) is 21.4. The lowest BCUT2D eigenvalue weighted by Crippen LogP contribution is -2.46. The Labute approximate surface area is 178 Å². The molecule has 0 atom stereocenters. The summed E-state index contributed by atoms with van der Waals surface area (Å²) in [5.41, 5.74) is 2.05. The van der Waals surface area contributed by atoms with E-state index in [1.54, 1.807) is 12.1 Å². The number of nitrogens with zero attached hydrogens (tertiary/aromatic N) is 4. The van der Waals surface area contributed by atoms with Gasteiger partial charge < -0.3 is 10.2 Å². The normalized spacial score (nSPS) is 17.8. The number of nitrogens with one attached hydrogen (secondary N) is 1. The first kappa shape index (κ1) is 20.1. The summed E-state index contributed by atoms with van der Waals surface area (Å²) in [6.45, 7) is 3.87. The fourth-order valence-corrected chi connectivity index (χ4v) is 3.90. The molecule has 1 N–H and O–H groups in total. The van der Waals surface area contributed by atoms with Gasteiger partial charge >= 0.3 is 6.18 Å². The average molecular weight is 427 g/mol. The SMILES string of the molecule is FC(F)(F)c1ccc(CN2CCN(c3nc4ccccc4nc3NC3CC3)CC2)cc1. The van der Waals surface area contributed by atoms with Gasteiger partial charge in [-0.1, -0.05) is 24.3 Å². The van der Waals surface area contributed by atoms with E-state index in [4.69, 9.17) is 9.97 Å². The van der Waals surface area contributed by atoms with Crippen molar-refractivity contribution in [3.05, 3.63) is 59.7 Å². The molecule has 1 aromatic heterocycles. The molecule has 2 aromatic carbocycles. The quantitative estimate of drug-likeness (QED) is 0.648. The van der Waals surface area contributed by atoms with Crippen molar-refractivity contribution < 1.29 is 13.2 Å². The Bertz CT molecular complexity index is 1050. The van der Waals surface area contributed by atoms with E-state index in [2.05, 4.69) is 15.1 Å². The topological polar surface area (TPSA) is 44.3 Å². The summed E-state index contributed by atoms with van der Waals surface area (Å²) < 4.78 is 38.3. The van der Waals surface area contributed by atoms with Gasteiger partial charge in [0.05, 0.1) is 16.6 Å². The lowest BCUT2D eigenvalue weighted by atomic mass is 10.1. The van der Waals surface area contributed by atoms with Gasteiger partial charge in [0.2, 0.25) is 0 Å². The zero-order valence-electron chi connectivity index (χ0n) is 17.1. The molecule has 3 aromatic rings. The van der Waals surface area contributed by atoms with Crippen LogP contribution >= 0.6 is 0 Å².